The molecule has 7 nitrogen and oxygen atoms in total. The third-order valence-electron chi connectivity index (χ3n) is 9.88. The van der Waals surface area contributed by atoms with Gasteiger partial charge < -0.3 is 29.5 Å². The van der Waals surface area contributed by atoms with E-state index in [1.165, 1.54) is 17.7 Å². The van der Waals surface area contributed by atoms with Crippen LogP contribution in [-0.4, -0.2) is 73.1 Å². The van der Waals surface area contributed by atoms with Crippen molar-refractivity contribution in [2.24, 2.45) is 5.92 Å². The van der Waals surface area contributed by atoms with E-state index in [1.807, 2.05) is 37.4 Å². The van der Waals surface area contributed by atoms with Crippen LogP contribution in [0.1, 0.15) is 55.2 Å². The highest BCUT2D eigenvalue weighted by molar-refractivity contribution is 5.92. The van der Waals surface area contributed by atoms with Gasteiger partial charge in [-0.2, -0.15) is 0 Å². The molecule has 0 saturated heterocycles. The summed E-state index contributed by atoms with van der Waals surface area (Å²) < 4.78 is 12.0. The molecule has 7 heteroatoms. The number of likely N-dealkylation sites (N-methyl/N-ethyl adjacent to an activating group) is 1. The number of phenols is 1. The Bertz CT molecular complexity index is 1290. The van der Waals surface area contributed by atoms with Crippen LogP contribution < -0.4 is 14.4 Å². The van der Waals surface area contributed by atoms with Gasteiger partial charge in [-0.25, -0.2) is 0 Å². The Morgan fingerprint density at radius 2 is 2.05 bits per heavy atom. The molecule has 1 unspecified atom stereocenters. The molecular weight excluding hydrogens is 492 g/mol. The highest BCUT2D eigenvalue weighted by atomic mass is 16.5. The van der Waals surface area contributed by atoms with Crippen molar-refractivity contribution < 1.29 is 29.4 Å². The number of ether oxygens (including phenoxy) is 2. The van der Waals surface area contributed by atoms with Crippen LogP contribution >= 0.6 is 0 Å². The van der Waals surface area contributed by atoms with Gasteiger partial charge in [-0.3, -0.25) is 4.79 Å². The average Bonchev–Trinajstić information content (AvgIpc) is 3.68. The fourth-order valence-corrected chi connectivity index (χ4v) is 7.57. The van der Waals surface area contributed by atoms with E-state index in [0.29, 0.717) is 25.0 Å². The summed E-state index contributed by atoms with van der Waals surface area (Å²) >= 11 is 0. The van der Waals surface area contributed by atoms with Crippen LogP contribution in [0, 0.1) is 5.92 Å². The van der Waals surface area contributed by atoms with E-state index in [4.69, 9.17) is 9.47 Å². The van der Waals surface area contributed by atoms with Crippen molar-refractivity contribution in [2.75, 3.05) is 34.3 Å². The monoisotopic (exact) mass is 533 g/mol. The number of aromatic hydroxyl groups is 1. The number of phenolic OH excluding ortho intramolecular Hbond substituents is 1. The molecule has 208 valence electrons. The number of aliphatic hydroxyl groups is 1. The summed E-state index contributed by atoms with van der Waals surface area (Å²) in [6.07, 6.45) is 9.06. The van der Waals surface area contributed by atoms with Crippen molar-refractivity contribution in [3.8, 4) is 17.2 Å². The summed E-state index contributed by atoms with van der Waals surface area (Å²) in [6.45, 7) is 2.06. The Labute approximate surface area is 231 Å². The van der Waals surface area contributed by atoms with Gasteiger partial charge in [0.2, 0.25) is 5.91 Å². The summed E-state index contributed by atoms with van der Waals surface area (Å²) in [7, 11) is 5.71. The normalized spacial score (nSPS) is 29.5. The van der Waals surface area contributed by atoms with Gasteiger partial charge in [0.15, 0.2) is 11.5 Å². The first-order chi connectivity index (χ1) is 18.8. The molecule has 2 saturated carbocycles. The van der Waals surface area contributed by atoms with Crippen molar-refractivity contribution in [3.05, 3.63) is 59.2 Å². The van der Waals surface area contributed by atoms with Crippen molar-refractivity contribution >= 4 is 12.0 Å². The minimum atomic E-state index is -0.930. The van der Waals surface area contributed by atoms with Crippen molar-refractivity contribution in [1.82, 2.24) is 4.90 Å². The Morgan fingerprint density at radius 3 is 2.82 bits per heavy atom. The largest absolute Gasteiger partial charge is 0.504 e. The fourth-order valence-electron chi connectivity index (χ4n) is 7.57. The zero-order valence-electron chi connectivity index (χ0n) is 23.3. The zero-order chi connectivity index (χ0) is 27.4. The second kappa shape index (κ2) is 9.86. The van der Waals surface area contributed by atoms with Gasteiger partial charge in [0.1, 0.15) is 11.9 Å². The number of carbonyl (C=O) groups is 1. The van der Waals surface area contributed by atoms with Crippen LogP contribution in [-0.2, 0) is 16.6 Å². The molecule has 3 N–H and O–H groups in total. The van der Waals surface area contributed by atoms with E-state index >= 15 is 0 Å². The van der Waals surface area contributed by atoms with Gasteiger partial charge in [-0.15, -0.1) is 0 Å². The maximum atomic E-state index is 13.5. The van der Waals surface area contributed by atoms with Crippen molar-refractivity contribution in [2.45, 2.75) is 68.1 Å². The Balaban J connectivity index is 1.32. The van der Waals surface area contributed by atoms with E-state index in [0.717, 1.165) is 54.3 Å². The number of nitrogens with zero attached hydrogens (tertiary/aromatic N) is 1. The molecule has 6 rings (SSSR count). The predicted molar refractivity (Wildman–Crippen MR) is 149 cm³/mol. The molecule has 1 amide bonds. The lowest BCUT2D eigenvalue weighted by molar-refractivity contribution is -0.882. The molecule has 2 aromatic rings. The molecule has 2 fully saturated rings. The minimum Gasteiger partial charge on any atom is -0.504 e. The second-order valence-electron chi connectivity index (χ2n) is 12.3. The molecule has 1 aliphatic heterocycles. The fraction of sp³-hybridized carbons (Fsp3) is 0.531. The SMILES string of the molecule is COc1cccc(/C=C/C(=O)N(C)[C@@H]2CC[C@@]3(O)CCc4ccc(O)c5c4[C@@]3(CC[NH+](C)CC3CC3)[C@H]2O5)c1. The maximum absolute atomic E-state index is 13.5. The molecule has 39 heavy (non-hydrogen) atoms. The molecule has 5 atom stereocenters. The lowest BCUT2D eigenvalue weighted by atomic mass is 9.51. The lowest BCUT2D eigenvalue weighted by Gasteiger charge is -2.57. The number of methoxy groups -OCH3 is 1. The highest BCUT2D eigenvalue weighted by Gasteiger charge is 2.68. The van der Waals surface area contributed by atoms with Gasteiger partial charge in [-0.1, -0.05) is 18.2 Å². The van der Waals surface area contributed by atoms with Gasteiger partial charge in [-0.05, 0) is 73.9 Å². The maximum Gasteiger partial charge on any atom is 0.246 e. The molecule has 3 aliphatic carbocycles. The number of hydrogen-bond donors (Lipinski definition) is 3. The molecule has 4 aliphatic rings. The zero-order valence-corrected chi connectivity index (χ0v) is 23.3. The number of benzene rings is 2. The van der Waals surface area contributed by atoms with Gasteiger partial charge >= 0.3 is 0 Å². The van der Waals surface area contributed by atoms with E-state index in [1.54, 1.807) is 30.2 Å². The van der Waals surface area contributed by atoms with Gasteiger partial charge in [0.05, 0.1) is 44.3 Å². The predicted octanol–water partition coefficient (Wildman–Crippen LogP) is 2.73. The number of quaternary nitrogens is 1. The average molecular weight is 534 g/mol. The standard InChI is InChI=1S/C32H40N2O5/c1-33(20-22-7-8-22)18-17-32-28-23-10-11-26(35)29(28)39-30(32)25(14-16-31(32,37)15-13-23)34(2)27(36)12-9-21-5-4-6-24(19-21)38-3/h4-6,9-12,19,22,25,30,35,37H,7-8,13-18,20H2,1-3H3/p+1/b12-9+/t25-,30+,31+,32+/m1/s1. The summed E-state index contributed by atoms with van der Waals surface area (Å²) in [6, 6.07) is 11.1. The highest BCUT2D eigenvalue weighted by Crippen LogP contribution is 2.63. The van der Waals surface area contributed by atoms with E-state index in [2.05, 4.69) is 7.05 Å². The summed E-state index contributed by atoms with van der Waals surface area (Å²) in [5.74, 6) is 2.08. The van der Waals surface area contributed by atoms with Crippen molar-refractivity contribution in [3.63, 3.8) is 0 Å². The van der Waals surface area contributed by atoms with Crippen molar-refractivity contribution in [1.29, 1.82) is 0 Å². The van der Waals surface area contributed by atoms with Crippen LogP contribution in [0.4, 0.5) is 0 Å². The third kappa shape index (κ3) is 4.40. The first-order valence-electron chi connectivity index (χ1n) is 14.4. The quantitative estimate of drug-likeness (QED) is 0.432. The minimum absolute atomic E-state index is 0.111. The second-order valence-corrected chi connectivity index (χ2v) is 12.3. The smallest absolute Gasteiger partial charge is 0.246 e. The Morgan fingerprint density at radius 1 is 1.23 bits per heavy atom. The Kier molecular flexibility index (Phi) is 6.63. The molecular formula is C32H41N2O5+. The number of amides is 1. The number of hydrogen-bond acceptors (Lipinski definition) is 5. The van der Waals surface area contributed by atoms with Crippen LogP contribution in [0.2, 0.25) is 0 Å². The molecule has 0 spiro atoms. The molecule has 1 heterocycles. The van der Waals surface area contributed by atoms with Gasteiger partial charge in [0, 0.05) is 31.0 Å². The van der Waals surface area contributed by atoms with E-state index in [-0.39, 0.29) is 17.7 Å². The summed E-state index contributed by atoms with van der Waals surface area (Å²) in [5.41, 5.74) is 1.44. The Hall–Kier alpha value is -3.03. The van der Waals surface area contributed by atoms with Crippen LogP contribution in [0.5, 0.6) is 17.2 Å². The van der Waals surface area contributed by atoms with E-state index in [9.17, 15) is 15.0 Å². The number of aryl methyl sites for hydroxylation is 1. The lowest BCUT2D eigenvalue weighted by Crippen LogP contribution is -3.09. The molecule has 0 aromatic heterocycles. The molecule has 2 aromatic carbocycles. The molecule has 0 radical (unpaired) electrons. The first-order valence-corrected chi connectivity index (χ1v) is 14.4. The van der Waals surface area contributed by atoms with Crippen LogP contribution in [0.15, 0.2) is 42.5 Å². The third-order valence-corrected chi connectivity index (χ3v) is 9.88. The number of rotatable bonds is 9. The van der Waals surface area contributed by atoms with E-state index < -0.39 is 17.1 Å². The van der Waals surface area contributed by atoms with Crippen LogP contribution in [0.25, 0.3) is 6.08 Å². The summed E-state index contributed by atoms with van der Waals surface area (Å²) in [4.78, 5) is 16.7. The topological polar surface area (TPSA) is 83.7 Å². The number of nitrogens with one attached hydrogen (secondary N) is 1. The van der Waals surface area contributed by atoms with Gasteiger partial charge in [0.25, 0.3) is 0 Å². The van der Waals surface area contributed by atoms with Crippen LogP contribution in [0.3, 0.4) is 0 Å². The summed E-state index contributed by atoms with van der Waals surface area (Å²) in [5, 5.41) is 23.2. The number of carbonyl (C=O) groups excluding carboxylic acids is 1. The molecule has 0 bridgehead atoms. The first kappa shape index (κ1) is 26.2.